The molecule has 0 aliphatic heterocycles. The average Bonchev–Trinajstić information content (AvgIpc) is 3.09. The van der Waals surface area contributed by atoms with Crippen molar-refractivity contribution in [3.05, 3.63) is 65.7 Å². The Labute approximate surface area is 146 Å². The number of rotatable bonds is 4. The van der Waals surface area contributed by atoms with Crippen LogP contribution < -0.4 is 4.72 Å². The first-order valence-electron chi connectivity index (χ1n) is 6.96. The van der Waals surface area contributed by atoms with Gasteiger partial charge in [0.05, 0.1) is 10.5 Å². The number of sulfonamides is 1. The van der Waals surface area contributed by atoms with Gasteiger partial charge in [0.15, 0.2) is 0 Å². The maximum atomic E-state index is 12.5. The van der Waals surface area contributed by atoms with Gasteiger partial charge in [0, 0.05) is 22.8 Å². The molecule has 1 N–H and O–H groups in total. The molecule has 3 aromatic rings. The number of nitrogens with zero attached hydrogens (tertiary/aromatic N) is 1. The molecule has 0 saturated carbocycles. The molecule has 0 bridgehead atoms. The molecule has 3 rings (SSSR count). The molecule has 9 heteroatoms. The highest BCUT2D eigenvalue weighted by Gasteiger charge is 2.30. The fraction of sp³-hybridized carbons (Fsp3) is 0.0625. The van der Waals surface area contributed by atoms with E-state index in [0.717, 1.165) is 34.8 Å². The Hall–Kier alpha value is -2.39. The van der Waals surface area contributed by atoms with E-state index in [1.54, 1.807) is 30.5 Å². The molecular formula is C16H11F3N2O2S2. The van der Waals surface area contributed by atoms with Gasteiger partial charge in [-0.3, -0.25) is 4.72 Å². The molecule has 0 spiro atoms. The van der Waals surface area contributed by atoms with Crippen LogP contribution >= 0.6 is 11.3 Å². The van der Waals surface area contributed by atoms with E-state index >= 15 is 0 Å². The Kier molecular flexibility index (Phi) is 4.53. The lowest BCUT2D eigenvalue weighted by atomic mass is 10.2. The third-order valence-electron chi connectivity index (χ3n) is 3.31. The fourth-order valence-corrected chi connectivity index (χ4v) is 3.79. The topological polar surface area (TPSA) is 59.1 Å². The van der Waals surface area contributed by atoms with Gasteiger partial charge in [0.2, 0.25) is 0 Å². The molecule has 0 saturated heterocycles. The van der Waals surface area contributed by atoms with Crippen LogP contribution in [-0.2, 0) is 16.2 Å². The minimum atomic E-state index is -4.51. The summed E-state index contributed by atoms with van der Waals surface area (Å²) in [5.74, 6) is 0. The summed E-state index contributed by atoms with van der Waals surface area (Å²) in [6.45, 7) is 0. The van der Waals surface area contributed by atoms with Crippen LogP contribution in [0.25, 0.3) is 10.6 Å². The second-order valence-corrected chi connectivity index (χ2v) is 7.62. The molecule has 0 amide bonds. The third kappa shape index (κ3) is 3.99. The highest BCUT2D eigenvalue weighted by atomic mass is 32.2. The Morgan fingerprint density at radius 2 is 1.60 bits per heavy atom. The first-order valence-corrected chi connectivity index (χ1v) is 9.32. The van der Waals surface area contributed by atoms with Crippen molar-refractivity contribution in [2.75, 3.05) is 4.72 Å². The highest BCUT2D eigenvalue weighted by molar-refractivity contribution is 7.92. The Morgan fingerprint density at radius 3 is 2.12 bits per heavy atom. The smallest absolute Gasteiger partial charge is 0.280 e. The molecule has 0 aliphatic rings. The van der Waals surface area contributed by atoms with E-state index in [9.17, 15) is 21.6 Å². The molecule has 0 fully saturated rings. The van der Waals surface area contributed by atoms with Crippen molar-refractivity contribution in [2.24, 2.45) is 0 Å². The van der Waals surface area contributed by atoms with Gasteiger partial charge in [-0.15, -0.1) is 11.3 Å². The summed E-state index contributed by atoms with van der Waals surface area (Å²) < 4.78 is 64.5. The average molecular weight is 384 g/mol. The Balaban J connectivity index is 1.79. The minimum Gasteiger partial charge on any atom is -0.280 e. The molecule has 130 valence electrons. The molecule has 0 unspecified atom stereocenters. The van der Waals surface area contributed by atoms with Gasteiger partial charge in [-0.2, -0.15) is 13.2 Å². The van der Waals surface area contributed by atoms with Crippen molar-refractivity contribution < 1.29 is 21.6 Å². The van der Waals surface area contributed by atoms with Gasteiger partial charge >= 0.3 is 6.18 Å². The Bertz CT molecular complexity index is 950. The molecule has 0 atom stereocenters. The third-order valence-corrected chi connectivity index (χ3v) is 5.53. The summed E-state index contributed by atoms with van der Waals surface area (Å²) in [7, 11) is -3.97. The molecule has 2 aromatic carbocycles. The highest BCUT2D eigenvalue weighted by Crippen LogP contribution is 2.30. The van der Waals surface area contributed by atoms with Gasteiger partial charge in [-0.1, -0.05) is 0 Å². The second kappa shape index (κ2) is 6.49. The monoisotopic (exact) mass is 384 g/mol. The van der Waals surface area contributed by atoms with Crippen LogP contribution in [-0.4, -0.2) is 13.4 Å². The van der Waals surface area contributed by atoms with Gasteiger partial charge in [0.1, 0.15) is 5.01 Å². The van der Waals surface area contributed by atoms with Gasteiger partial charge in [0.25, 0.3) is 10.0 Å². The number of aromatic nitrogens is 1. The summed E-state index contributed by atoms with van der Waals surface area (Å²) in [5.41, 5.74) is 0.243. The molecule has 0 aliphatic carbocycles. The first kappa shape index (κ1) is 17.4. The normalized spacial score (nSPS) is 12.1. The Morgan fingerprint density at radius 1 is 0.960 bits per heavy atom. The summed E-state index contributed by atoms with van der Waals surface area (Å²) in [4.78, 5) is 3.91. The summed E-state index contributed by atoms with van der Waals surface area (Å²) in [6.07, 6.45) is -2.84. The standard InChI is InChI=1S/C16H11F3N2O2S2/c17-16(18,19)12-3-7-14(8-4-12)25(22,23)21-13-5-1-11(2-6-13)15-20-9-10-24-15/h1-10,21H. The quantitative estimate of drug-likeness (QED) is 0.714. The van der Waals surface area contributed by atoms with Crippen LogP contribution in [0.4, 0.5) is 18.9 Å². The van der Waals surface area contributed by atoms with Gasteiger partial charge in [-0.25, -0.2) is 13.4 Å². The maximum absolute atomic E-state index is 12.5. The van der Waals surface area contributed by atoms with Crippen molar-refractivity contribution in [1.82, 2.24) is 4.98 Å². The lowest BCUT2D eigenvalue weighted by Gasteiger charge is -2.10. The number of alkyl halides is 3. The molecule has 0 radical (unpaired) electrons. The number of hydrogen-bond donors (Lipinski definition) is 1. The van der Waals surface area contributed by atoms with Crippen LogP contribution in [0.15, 0.2) is 65.0 Å². The number of benzene rings is 2. The predicted octanol–water partition coefficient (Wildman–Crippen LogP) is 4.63. The summed E-state index contributed by atoms with van der Waals surface area (Å²) in [6, 6.07) is 9.88. The fourth-order valence-electron chi connectivity index (χ4n) is 2.08. The minimum absolute atomic E-state index is 0.246. The summed E-state index contributed by atoms with van der Waals surface area (Å²) in [5, 5.41) is 2.63. The zero-order valence-corrected chi connectivity index (χ0v) is 14.1. The number of halogens is 3. The SMILES string of the molecule is O=S(=O)(Nc1ccc(-c2nccs2)cc1)c1ccc(C(F)(F)F)cc1. The van der Waals surface area contributed by atoms with Gasteiger partial charge < -0.3 is 0 Å². The van der Waals surface area contributed by atoms with E-state index in [-0.39, 0.29) is 4.90 Å². The molecule has 4 nitrogen and oxygen atoms in total. The van der Waals surface area contributed by atoms with Crippen LogP contribution in [0.1, 0.15) is 5.56 Å². The molecular weight excluding hydrogens is 373 g/mol. The van der Waals surface area contributed by atoms with Crippen LogP contribution in [0.3, 0.4) is 0 Å². The van der Waals surface area contributed by atoms with E-state index in [4.69, 9.17) is 0 Å². The van der Waals surface area contributed by atoms with Crippen molar-refractivity contribution in [2.45, 2.75) is 11.1 Å². The lowest BCUT2D eigenvalue weighted by Crippen LogP contribution is -2.13. The van der Waals surface area contributed by atoms with E-state index < -0.39 is 21.8 Å². The largest absolute Gasteiger partial charge is 0.416 e. The zero-order valence-electron chi connectivity index (χ0n) is 12.5. The van der Waals surface area contributed by atoms with Crippen molar-refractivity contribution in [3.63, 3.8) is 0 Å². The van der Waals surface area contributed by atoms with Crippen molar-refractivity contribution in [3.8, 4) is 10.6 Å². The van der Waals surface area contributed by atoms with Crippen LogP contribution in [0, 0.1) is 0 Å². The van der Waals surface area contributed by atoms with Crippen LogP contribution in [0.2, 0.25) is 0 Å². The molecule has 1 aromatic heterocycles. The number of thiazole rings is 1. The number of anilines is 1. The number of nitrogens with one attached hydrogen (secondary N) is 1. The predicted molar refractivity (Wildman–Crippen MR) is 89.8 cm³/mol. The maximum Gasteiger partial charge on any atom is 0.416 e. The summed E-state index contributed by atoms with van der Waals surface area (Å²) >= 11 is 1.45. The van der Waals surface area contributed by atoms with E-state index in [1.165, 1.54) is 11.3 Å². The number of hydrogen-bond acceptors (Lipinski definition) is 4. The van der Waals surface area contributed by atoms with E-state index in [0.29, 0.717) is 5.69 Å². The van der Waals surface area contributed by atoms with Crippen molar-refractivity contribution in [1.29, 1.82) is 0 Å². The zero-order chi connectivity index (χ0) is 18.1. The lowest BCUT2D eigenvalue weighted by molar-refractivity contribution is -0.137. The second-order valence-electron chi connectivity index (χ2n) is 5.04. The molecule has 1 heterocycles. The van der Waals surface area contributed by atoms with Gasteiger partial charge in [-0.05, 0) is 48.5 Å². The molecule has 25 heavy (non-hydrogen) atoms. The van der Waals surface area contributed by atoms with E-state index in [1.807, 2.05) is 5.38 Å². The van der Waals surface area contributed by atoms with Crippen molar-refractivity contribution >= 4 is 27.0 Å². The van der Waals surface area contributed by atoms with Crippen LogP contribution in [0.5, 0.6) is 0 Å². The van der Waals surface area contributed by atoms with E-state index in [2.05, 4.69) is 9.71 Å². The first-order chi connectivity index (χ1) is 11.8.